The van der Waals surface area contributed by atoms with Gasteiger partial charge in [-0.05, 0) is 41.8 Å². The van der Waals surface area contributed by atoms with E-state index >= 15 is 0 Å². The molecule has 0 saturated carbocycles. The Bertz CT molecular complexity index is 775. The number of ether oxygens (including phenoxy) is 1. The van der Waals surface area contributed by atoms with Gasteiger partial charge in [-0.1, -0.05) is 19.1 Å². The molecule has 3 rings (SSSR count). The maximum absolute atomic E-state index is 5.25. The molecule has 0 fully saturated rings. The molecule has 5 nitrogen and oxygen atoms in total. The number of hydrogen-bond donors (Lipinski definition) is 1. The summed E-state index contributed by atoms with van der Waals surface area (Å²) in [6, 6.07) is 14.0. The van der Waals surface area contributed by atoms with Gasteiger partial charge in [-0.15, -0.1) is 0 Å². The van der Waals surface area contributed by atoms with Crippen LogP contribution in [0.5, 0.6) is 5.75 Å². The fourth-order valence-electron chi connectivity index (χ4n) is 2.53. The summed E-state index contributed by atoms with van der Waals surface area (Å²) < 4.78 is 5.25. The van der Waals surface area contributed by atoms with Crippen molar-refractivity contribution in [3.8, 4) is 5.75 Å². The molecule has 5 heteroatoms. The van der Waals surface area contributed by atoms with E-state index < -0.39 is 0 Å². The van der Waals surface area contributed by atoms with Gasteiger partial charge in [0.25, 0.3) is 0 Å². The van der Waals surface area contributed by atoms with Gasteiger partial charge < -0.3 is 10.1 Å². The number of nitrogens with one attached hydrogen (secondary N) is 1. The summed E-state index contributed by atoms with van der Waals surface area (Å²) in [4.78, 5) is 12.7. The third-order valence-electron chi connectivity index (χ3n) is 3.87. The van der Waals surface area contributed by atoms with Gasteiger partial charge in [0.15, 0.2) is 0 Å². The number of aromatic nitrogens is 3. The smallest absolute Gasteiger partial charge is 0.130 e. The van der Waals surface area contributed by atoms with Gasteiger partial charge in [0.05, 0.1) is 13.2 Å². The number of hydrogen-bond acceptors (Lipinski definition) is 5. The van der Waals surface area contributed by atoms with E-state index in [1.807, 2.05) is 30.3 Å². The normalized spacial score (nSPS) is 11.8. The Morgan fingerprint density at radius 2 is 1.71 bits per heavy atom. The van der Waals surface area contributed by atoms with Crippen molar-refractivity contribution in [3.63, 3.8) is 0 Å². The largest absolute Gasteiger partial charge is 0.497 e. The number of methoxy groups -OCH3 is 1. The van der Waals surface area contributed by atoms with E-state index in [2.05, 4.69) is 39.3 Å². The molecular weight excluding hydrogens is 300 g/mol. The molecule has 0 bridgehead atoms. The predicted octanol–water partition coefficient (Wildman–Crippen LogP) is 3.64. The number of aryl methyl sites for hydroxylation is 1. The zero-order valence-electron chi connectivity index (χ0n) is 13.8. The lowest BCUT2D eigenvalue weighted by Crippen LogP contribution is -2.13. The van der Waals surface area contributed by atoms with Crippen LogP contribution in [0.3, 0.4) is 0 Å². The summed E-state index contributed by atoms with van der Waals surface area (Å²) >= 11 is 0. The van der Waals surface area contributed by atoms with Gasteiger partial charge in [0.2, 0.25) is 0 Å². The van der Waals surface area contributed by atoms with Crippen LogP contribution in [-0.2, 0) is 6.42 Å². The highest BCUT2D eigenvalue weighted by molar-refractivity contribution is 5.45. The summed E-state index contributed by atoms with van der Waals surface area (Å²) in [5, 5.41) is 3.50. The maximum atomic E-state index is 5.25. The highest BCUT2D eigenvalue weighted by atomic mass is 16.5. The maximum Gasteiger partial charge on any atom is 0.130 e. The molecule has 3 aromatic rings. The fraction of sp³-hybridized carbons (Fsp3) is 0.211. The first kappa shape index (κ1) is 15.9. The third-order valence-corrected chi connectivity index (χ3v) is 3.87. The average molecular weight is 320 g/mol. The number of benzene rings is 1. The minimum atomic E-state index is -0.0292. The third kappa shape index (κ3) is 3.68. The average Bonchev–Trinajstić information content (AvgIpc) is 2.67. The van der Waals surface area contributed by atoms with Crippen molar-refractivity contribution in [3.05, 3.63) is 78.0 Å². The lowest BCUT2D eigenvalue weighted by Gasteiger charge is -2.20. The van der Waals surface area contributed by atoms with E-state index in [1.165, 1.54) is 0 Å². The van der Waals surface area contributed by atoms with E-state index in [1.54, 1.807) is 25.8 Å². The number of nitrogens with zero attached hydrogens (tertiary/aromatic N) is 3. The molecule has 0 aliphatic heterocycles. The molecule has 24 heavy (non-hydrogen) atoms. The van der Waals surface area contributed by atoms with Crippen LogP contribution in [0.15, 0.2) is 61.2 Å². The second-order valence-electron chi connectivity index (χ2n) is 5.38. The molecule has 1 atom stereocenters. The topological polar surface area (TPSA) is 59.9 Å². The van der Waals surface area contributed by atoms with E-state index in [0.717, 1.165) is 34.8 Å². The van der Waals surface area contributed by atoms with Gasteiger partial charge in [-0.2, -0.15) is 0 Å². The molecule has 2 aromatic heterocycles. The minimum Gasteiger partial charge on any atom is -0.497 e. The number of pyridine rings is 1. The first-order valence-corrected chi connectivity index (χ1v) is 7.91. The SMILES string of the molecule is CCc1cc(NC(c2ccncc2)c2ccc(OC)cc2)ncn1. The van der Waals surface area contributed by atoms with Gasteiger partial charge in [0, 0.05) is 24.2 Å². The van der Waals surface area contributed by atoms with Crippen LogP contribution in [0, 0.1) is 0 Å². The van der Waals surface area contributed by atoms with Crippen LogP contribution in [0.2, 0.25) is 0 Å². The first-order chi connectivity index (χ1) is 11.8. The Morgan fingerprint density at radius 1 is 1.00 bits per heavy atom. The summed E-state index contributed by atoms with van der Waals surface area (Å²) in [5.41, 5.74) is 3.25. The molecule has 1 N–H and O–H groups in total. The van der Waals surface area contributed by atoms with Crippen molar-refractivity contribution in [1.82, 2.24) is 15.0 Å². The van der Waals surface area contributed by atoms with Crippen molar-refractivity contribution in [2.24, 2.45) is 0 Å². The van der Waals surface area contributed by atoms with Crippen molar-refractivity contribution in [1.29, 1.82) is 0 Å². The Balaban J connectivity index is 1.95. The van der Waals surface area contributed by atoms with Crippen LogP contribution in [0.1, 0.15) is 29.8 Å². The van der Waals surface area contributed by atoms with E-state index in [9.17, 15) is 0 Å². The Hall–Kier alpha value is -2.95. The van der Waals surface area contributed by atoms with Crippen LogP contribution in [-0.4, -0.2) is 22.1 Å². The van der Waals surface area contributed by atoms with E-state index in [-0.39, 0.29) is 6.04 Å². The second kappa shape index (κ2) is 7.55. The van der Waals surface area contributed by atoms with E-state index in [4.69, 9.17) is 4.74 Å². The quantitative estimate of drug-likeness (QED) is 0.751. The number of rotatable bonds is 6. The lowest BCUT2D eigenvalue weighted by atomic mass is 9.99. The molecular formula is C19H20N4O. The summed E-state index contributed by atoms with van der Waals surface area (Å²) in [6.07, 6.45) is 6.06. The van der Waals surface area contributed by atoms with Crippen molar-refractivity contribution >= 4 is 5.82 Å². The molecule has 2 heterocycles. The molecule has 122 valence electrons. The zero-order valence-corrected chi connectivity index (χ0v) is 13.8. The van der Waals surface area contributed by atoms with Crippen LogP contribution >= 0.6 is 0 Å². The molecule has 1 unspecified atom stereocenters. The van der Waals surface area contributed by atoms with Gasteiger partial charge in [0.1, 0.15) is 17.9 Å². The standard InChI is InChI=1S/C19H20N4O/c1-3-16-12-18(22-13-21-16)23-19(15-8-10-20-11-9-15)14-4-6-17(24-2)7-5-14/h4-13,19H,3H2,1-2H3,(H,21,22,23). The van der Waals surface area contributed by atoms with Crippen molar-refractivity contribution < 1.29 is 4.74 Å². The van der Waals surface area contributed by atoms with Gasteiger partial charge in [-0.3, -0.25) is 4.98 Å². The fourth-order valence-corrected chi connectivity index (χ4v) is 2.53. The van der Waals surface area contributed by atoms with Crippen LogP contribution in [0.25, 0.3) is 0 Å². The van der Waals surface area contributed by atoms with E-state index in [0.29, 0.717) is 0 Å². The van der Waals surface area contributed by atoms with Crippen LogP contribution < -0.4 is 10.1 Å². The summed E-state index contributed by atoms with van der Waals surface area (Å²) in [5.74, 6) is 1.64. The first-order valence-electron chi connectivity index (χ1n) is 7.91. The summed E-state index contributed by atoms with van der Waals surface area (Å²) in [7, 11) is 1.67. The molecule has 0 radical (unpaired) electrons. The second-order valence-corrected chi connectivity index (χ2v) is 5.38. The Morgan fingerprint density at radius 3 is 2.38 bits per heavy atom. The highest BCUT2D eigenvalue weighted by Crippen LogP contribution is 2.27. The number of anilines is 1. The summed E-state index contributed by atoms with van der Waals surface area (Å²) in [6.45, 7) is 2.08. The highest BCUT2D eigenvalue weighted by Gasteiger charge is 2.15. The monoisotopic (exact) mass is 320 g/mol. The minimum absolute atomic E-state index is 0.0292. The molecule has 0 aliphatic carbocycles. The predicted molar refractivity (Wildman–Crippen MR) is 94.1 cm³/mol. The van der Waals surface area contributed by atoms with Gasteiger partial charge in [-0.25, -0.2) is 9.97 Å². The molecule has 0 aliphatic rings. The zero-order chi connectivity index (χ0) is 16.8. The lowest BCUT2D eigenvalue weighted by molar-refractivity contribution is 0.414. The molecule has 1 aromatic carbocycles. The van der Waals surface area contributed by atoms with Gasteiger partial charge >= 0.3 is 0 Å². The molecule has 0 amide bonds. The van der Waals surface area contributed by atoms with Crippen molar-refractivity contribution in [2.45, 2.75) is 19.4 Å². The van der Waals surface area contributed by atoms with Crippen molar-refractivity contribution in [2.75, 3.05) is 12.4 Å². The van der Waals surface area contributed by atoms with Crippen LogP contribution in [0.4, 0.5) is 5.82 Å². The molecule has 0 spiro atoms. The molecule has 0 saturated heterocycles. The Kier molecular flexibility index (Phi) is 5.01. The Labute approximate surface area is 141 Å².